The maximum Gasteiger partial charge on any atom is 0.414 e. The summed E-state index contributed by atoms with van der Waals surface area (Å²) in [5.41, 5.74) is 2.83. The minimum absolute atomic E-state index is 0.119. The first kappa shape index (κ1) is 20.6. The third-order valence-corrected chi connectivity index (χ3v) is 6.24. The Morgan fingerprint density at radius 3 is 2.38 bits per heavy atom. The highest BCUT2D eigenvalue weighted by atomic mass is 32.2. The predicted octanol–water partition coefficient (Wildman–Crippen LogP) is 3.03. The van der Waals surface area contributed by atoms with E-state index in [-0.39, 0.29) is 4.90 Å². The molecule has 1 unspecified atom stereocenters. The van der Waals surface area contributed by atoms with E-state index in [1.165, 1.54) is 24.1 Å². The van der Waals surface area contributed by atoms with Crippen LogP contribution in [0.1, 0.15) is 29.7 Å². The molecule has 1 heterocycles. The molecule has 0 aliphatic carbocycles. The molecule has 1 atom stereocenters. The van der Waals surface area contributed by atoms with Gasteiger partial charge in [0.05, 0.1) is 12.0 Å². The van der Waals surface area contributed by atoms with Crippen molar-refractivity contribution in [2.75, 3.05) is 13.0 Å². The van der Waals surface area contributed by atoms with Crippen LogP contribution in [-0.2, 0) is 19.4 Å². The number of carbonyl (C=O) groups is 2. The zero-order chi connectivity index (χ0) is 21.2. The highest BCUT2D eigenvalue weighted by Crippen LogP contribution is 2.34. The molecule has 1 aliphatic rings. The normalized spacial score (nSPS) is 15.9. The summed E-state index contributed by atoms with van der Waals surface area (Å²) in [6.07, 6.45) is 1.08. The lowest BCUT2D eigenvalue weighted by Gasteiger charge is -2.34. The molecule has 0 spiro atoms. The molecule has 0 aromatic heterocycles. The molecule has 3 rings (SSSR count). The van der Waals surface area contributed by atoms with E-state index >= 15 is 0 Å². The third kappa shape index (κ3) is 4.17. The van der Waals surface area contributed by atoms with Gasteiger partial charge in [0, 0.05) is 5.70 Å². The summed E-state index contributed by atoms with van der Waals surface area (Å²) < 4.78 is 30.0. The molecule has 0 saturated heterocycles. The Morgan fingerprint density at radius 2 is 1.72 bits per heavy atom. The third-order valence-electron chi connectivity index (χ3n) is 4.73. The van der Waals surface area contributed by atoms with Crippen molar-refractivity contribution >= 4 is 27.9 Å². The Kier molecular flexibility index (Phi) is 5.74. The Morgan fingerprint density at radius 1 is 1.07 bits per heavy atom. The summed E-state index contributed by atoms with van der Waals surface area (Å²) in [7, 11) is -2.50. The maximum atomic E-state index is 13.0. The van der Waals surface area contributed by atoms with Crippen LogP contribution in [0.25, 0.3) is 6.08 Å². The van der Waals surface area contributed by atoms with Crippen molar-refractivity contribution in [1.29, 1.82) is 0 Å². The van der Waals surface area contributed by atoms with Gasteiger partial charge in [0.25, 0.3) is 0 Å². The molecule has 0 radical (unpaired) electrons. The summed E-state index contributed by atoms with van der Waals surface area (Å²) in [6.45, 7) is 3.55. The van der Waals surface area contributed by atoms with E-state index in [9.17, 15) is 18.0 Å². The molecule has 7 nitrogen and oxygen atoms in total. The monoisotopic (exact) mass is 414 g/mol. The lowest BCUT2D eigenvalue weighted by atomic mass is 9.94. The van der Waals surface area contributed by atoms with Gasteiger partial charge in [0.2, 0.25) is 5.91 Å². The molecule has 0 fully saturated rings. The van der Waals surface area contributed by atoms with Gasteiger partial charge in [-0.1, -0.05) is 42.0 Å². The predicted molar refractivity (Wildman–Crippen MR) is 108 cm³/mol. The number of fused-ring (bicyclic) bond motifs is 1. The lowest BCUT2D eigenvalue weighted by molar-refractivity contribution is -0.125. The van der Waals surface area contributed by atoms with Crippen molar-refractivity contribution < 1.29 is 22.7 Å². The molecule has 2 aromatic rings. The Balaban J connectivity index is 1.88. The molecule has 152 valence electrons. The second kappa shape index (κ2) is 8.08. The quantitative estimate of drug-likeness (QED) is 0.830. The van der Waals surface area contributed by atoms with Crippen LogP contribution in [0.15, 0.2) is 59.1 Å². The van der Waals surface area contributed by atoms with E-state index in [1.807, 2.05) is 19.1 Å². The van der Waals surface area contributed by atoms with Gasteiger partial charge in [0.1, 0.15) is 11.9 Å². The van der Waals surface area contributed by atoms with Crippen LogP contribution >= 0.6 is 0 Å². The first-order chi connectivity index (χ1) is 13.7. The second-order valence-corrected chi connectivity index (χ2v) is 8.76. The fourth-order valence-corrected chi connectivity index (χ4v) is 4.28. The van der Waals surface area contributed by atoms with Crippen molar-refractivity contribution in [2.45, 2.75) is 24.8 Å². The topological polar surface area (TPSA) is 92.8 Å². The number of sulfone groups is 1. The van der Waals surface area contributed by atoms with Gasteiger partial charge in [-0.2, -0.15) is 0 Å². The van der Waals surface area contributed by atoms with Crippen LogP contribution < -0.4 is 5.32 Å². The molecule has 29 heavy (non-hydrogen) atoms. The number of hydrogen-bond donors (Lipinski definition) is 1. The highest BCUT2D eigenvalue weighted by molar-refractivity contribution is 7.91. The summed E-state index contributed by atoms with van der Waals surface area (Å²) in [4.78, 5) is 26.7. The van der Waals surface area contributed by atoms with Crippen molar-refractivity contribution in [2.24, 2.45) is 0 Å². The van der Waals surface area contributed by atoms with Crippen molar-refractivity contribution in [1.82, 2.24) is 10.2 Å². The standard InChI is InChI=1S/C21H22N2O5S/c1-14-8-10-17(11-9-14)29(26,27)13-22-20(24)19-18-7-5-4-6-16(18)12-15(2)23(19)21(25)28-3/h4-12,19H,13H2,1-3H3,(H,22,24). The van der Waals surface area contributed by atoms with Crippen LogP contribution in [0, 0.1) is 6.92 Å². The number of amides is 2. The van der Waals surface area contributed by atoms with E-state index in [0.717, 1.165) is 11.1 Å². The zero-order valence-corrected chi connectivity index (χ0v) is 17.2. The van der Waals surface area contributed by atoms with E-state index < -0.39 is 33.8 Å². The van der Waals surface area contributed by atoms with Crippen LogP contribution in [-0.4, -0.2) is 38.3 Å². The second-order valence-electron chi connectivity index (χ2n) is 6.77. The Bertz CT molecular complexity index is 1070. The first-order valence-corrected chi connectivity index (χ1v) is 10.6. The maximum absolute atomic E-state index is 13.0. The van der Waals surface area contributed by atoms with Gasteiger partial charge in [-0.3, -0.25) is 9.69 Å². The molecule has 2 aromatic carbocycles. The summed E-state index contributed by atoms with van der Waals surface area (Å²) in [5, 5.41) is 2.47. The minimum Gasteiger partial charge on any atom is -0.452 e. The molecular weight excluding hydrogens is 392 g/mol. The average Bonchev–Trinajstić information content (AvgIpc) is 2.70. The number of hydrogen-bond acceptors (Lipinski definition) is 5. The number of nitrogens with zero attached hydrogens (tertiary/aromatic N) is 1. The number of benzene rings is 2. The van der Waals surface area contributed by atoms with Crippen LogP contribution in [0.5, 0.6) is 0 Å². The summed E-state index contributed by atoms with van der Waals surface area (Å²) >= 11 is 0. The Hall–Kier alpha value is -3.13. The first-order valence-electron chi connectivity index (χ1n) is 8.96. The van der Waals surface area contributed by atoms with Crippen molar-refractivity contribution in [3.8, 4) is 0 Å². The Labute approximate surface area is 169 Å². The van der Waals surface area contributed by atoms with E-state index in [2.05, 4.69) is 5.32 Å². The largest absolute Gasteiger partial charge is 0.452 e. The molecule has 8 heteroatoms. The van der Waals surface area contributed by atoms with E-state index in [4.69, 9.17) is 4.74 Å². The number of carbonyl (C=O) groups excluding carboxylic acids is 2. The highest BCUT2D eigenvalue weighted by Gasteiger charge is 2.37. The number of allylic oxidation sites excluding steroid dienone is 1. The molecule has 1 N–H and O–H groups in total. The van der Waals surface area contributed by atoms with Crippen LogP contribution in [0.3, 0.4) is 0 Å². The zero-order valence-electron chi connectivity index (χ0n) is 16.4. The molecule has 2 amide bonds. The average molecular weight is 414 g/mol. The lowest BCUT2D eigenvalue weighted by Crippen LogP contribution is -2.45. The molecular formula is C21H22N2O5S. The van der Waals surface area contributed by atoms with Crippen LogP contribution in [0.4, 0.5) is 4.79 Å². The molecule has 1 aliphatic heterocycles. The number of aryl methyl sites for hydroxylation is 1. The summed E-state index contributed by atoms with van der Waals surface area (Å²) in [6, 6.07) is 12.5. The van der Waals surface area contributed by atoms with Gasteiger partial charge in [-0.25, -0.2) is 13.2 Å². The SMILES string of the molecule is COC(=O)N1C(C)=Cc2ccccc2C1C(=O)NCS(=O)(=O)c1ccc(C)cc1. The fraction of sp³-hybridized carbons (Fsp3) is 0.238. The number of nitrogens with one attached hydrogen (secondary N) is 1. The minimum atomic E-state index is -3.73. The number of methoxy groups -OCH3 is 1. The van der Waals surface area contributed by atoms with Gasteiger partial charge < -0.3 is 10.1 Å². The smallest absolute Gasteiger partial charge is 0.414 e. The number of ether oxygens (including phenoxy) is 1. The van der Waals surface area contributed by atoms with Crippen molar-refractivity contribution in [3.05, 3.63) is 70.9 Å². The molecule has 0 bridgehead atoms. The number of rotatable bonds is 4. The van der Waals surface area contributed by atoms with E-state index in [1.54, 1.807) is 37.3 Å². The summed E-state index contributed by atoms with van der Waals surface area (Å²) in [5.74, 6) is -1.18. The molecule has 0 saturated carbocycles. The fourth-order valence-electron chi connectivity index (χ4n) is 3.23. The van der Waals surface area contributed by atoms with Gasteiger partial charge in [-0.15, -0.1) is 0 Å². The van der Waals surface area contributed by atoms with Crippen LogP contribution in [0.2, 0.25) is 0 Å². The van der Waals surface area contributed by atoms with Gasteiger partial charge in [0.15, 0.2) is 9.84 Å². The van der Waals surface area contributed by atoms with Gasteiger partial charge >= 0.3 is 6.09 Å². The van der Waals surface area contributed by atoms with Gasteiger partial charge in [-0.05, 0) is 43.2 Å². The van der Waals surface area contributed by atoms with Crippen molar-refractivity contribution in [3.63, 3.8) is 0 Å². The van der Waals surface area contributed by atoms with E-state index in [0.29, 0.717) is 11.3 Å².